The Morgan fingerprint density at radius 3 is 2.53 bits per heavy atom. The van der Waals surface area contributed by atoms with E-state index in [-0.39, 0.29) is 0 Å². The summed E-state index contributed by atoms with van der Waals surface area (Å²) < 4.78 is 37.5. The second-order valence-electron chi connectivity index (χ2n) is 3.25. The summed E-state index contributed by atoms with van der Waals surface area (Å²) in [7, 11) is 0. The Labute approximate surface area is 93.7 Å². The predicted molar refractivity (Wildman–Crippen MR) is 49.8 cm³/mol. The maximum absolute atomic E-state index is 12.5. The third kappa shape index (κ3) is 2.92. The highest BCUT2D eigenvalue weighted by Crippen LogP contribution is 2.33. The number of carboxylic acids is 1. The number of nitrogens with zero attached hydrogens (tertiary/aromatic N) is 1. The van der Waals surface area contributed by atoms with Crippen LogP contribution in [0.3, 0.4) is 0 Å². The number of aliphatic hydroxyl groups is 1. The molecule has 0 saturated carbocycles. The molecule has 8 heteroatoms. The monoisotopic (exact) mass is 250 g/mol. The Balaban J connectivity index is 3.18. The summed E-state index contributed by atoms with van der Waals surface area (Å²) in [5.74, 6) is -1.60. The number of nitrogens with two attached hydrogens (primary N) is 1. The third-order valence-electron chi connectivity index (χ3n) is 2.05. The molecule has 0 aliphatic carbocycles. The van der Waals surface area contributed by atoms with Crippen molar-refractivity contribution in [3.63, 3.8) is 0 Å². The largest absolute Gasteiger partial charge is 0.480 e. The standard InChI is InChI=1S/C9H9F3N2O3/c10-9(11,12)7-4(2-1-3-14-7)6(15)5(13)8(16)17/h1-3,5-6,15H,13H2,(H,16,17). The quantitative estimate of drug-likeness (QED) is 0.727. The van der Waals surface area contributed by atoms with Crippen LogP contribution >= 0.6 is 0 Å². The molecule has 0 bridgehead atoms. The second-order valence-corrected chi connectivity index (χ2v) is 3.25. The van der Waals surface area contributed by atoms with Gasteiger partial charge < -0.3 is 15.9 Å². The summed E-state index contributed by atoms with van der Waals surface area (Å²) in [4.78, 5) is 13.6. The first-order valence-corrected chi connectivity index (χ1v) is 4.43. The minimum Gasteiger partial charge on any atom is -0.480 e. The SMILES string of the molecule is NC(C(=O)O)C(O)c1cccnc1C(F)(F)F. The summed E-state index contributed by atoms with van der Waals surface area (Å²) in [6.45, 7) is 0. The van der Waals surface area contributed by atoms with Crippen molar-refractivity contribution in [3.8, 4) is 0 Å². The van der Waals surface area contributed by atoms with Crippen LogP contribution < -0.4 is 5.73 Å². The average molecular weight is 250 g/mol. The Morgan fingerprint density at radius 2 is 2.06 bits per heavy atom. The minimum atomic E-state index is -4.78. The van der Waals surface area contributed by atoms with Crippen molar-refractivity contribution in [2.24, 2.45) is 5.73 Å². The van der Waals surface area contributed by atoms with Gasteiger partial charge >= 0.3 is 12.1 Å². The van der Waals surface area contributed by atoms with Crippen molar-refractivity contribution < 1.29 is 28.2 Å². The number of carboxylic acid groups (broad SMARTS) is 1. The fraction of sp³-hybridized carbons (Fsp3) is 0.333. The van der Waals surface area contributed by atoms with E-state index in [1.807, 2.05) is 0 Å². The Bertz CT molecular complexity index is 422. The predicted octanol–water partition coefficient (Wildman–Crippen LogP) is 0.546. The van der Waals surface area contributed by atoms with E-state index < -0.39 is 35.5 Å². The number of pyridine rings is 1. The first kappa shape index (κ1) is 13.4. The Morgan fingerprint density at radius 1 is 1.47 bits per heavy atom. The number of aliphatic carboxylic acids is 1. The van der Waals surface area contributed by atoms with E-state index in [2.05, 4.69) is 4.98 Å². The molecule has 2 atom stereocenters. The van der Waals surface area contributed by atoms with Gasteiger partial charge in [0.1, 0.15) is 17.8 Å². The van der Waals surface area contributed by atoms with Crippen LogP contribution in [0.1, 0.15) is 17.4 Å². The third-order valence-corrected chi connectivity index (χ3v) is 2.05. The van der Waals surface area contributed by atoms with Gasteiger partial charge in [-0.1, -0.05) is 6.07 Å². The zero-order valence-electron chi connectivity index (χ0n) is 8.35. The van der Waals surface area contributed by atoms with Gasteiger partial charge in [-0.25, -0.2) is 0 Å². The summed E-state index contributed by atoms with van der Waals surface area (Å²) in [5, 5.41) is 18.0. The lowest BCUT2D eigenvalue weighted by atomic mass is 10.0. The molecule has 1 heterocycles. The molecule has 0 aliphatic rings. The van der Waals surface area contributed by atoms with Crippen LogP contribution in [0.15, 0.2) is 18.3 Å². The average Bonchev–Trinajstić information content (AvgIpc) is 2.25. The first-order valence-electron chi connectivity index (χ1n) is 4.43. The molecule has 0 aliphatic heterocycles. The zero-order chi connectivity index (χ0) is 13.2. The lowest BCUT2D eigenvalue weighted by Gasteiger charge is -2.18. The fourth-order valence-electron chi connectivity index (χ4n) is 1.22. The number of hydrogen-bond acceptors (Lipinski definition) is 4. The normalized spacial score (nSPS) is 15.4. The van der Waals surface area contributed by atoms with Crippen molar-refractivity contribution in [3.05, 3.63) is 29.6 Å². The van der Waals surface area contributed by atoms with E-state index in [0.29, 0.717) is 0 Å². The van der Waals surface area contributed by atoms with Crippen molar-refractivity contribution in [1.82, 2.24) is 4.98 Å². The summed E-state index contributed by atoms with van der Waals surface area (Å²) in [5.41, 5.74) is 3.06. The van der Waals surface area contributed by atoms with Gasteiger partial charge in [-0.2, -0.15) is 13.2 Å². The van der Waals surface area contributed by atoms with Gasteiger partial charge in [0.15, 0.2) is 0 Å². The lowest BCUT2D eigenvalue weighted by molar-refractivity contribution is -0.146. The van der Waals surface area contributed by atoms with Gasteiger partial charge in [-0.15, -0.1) is 0 Å². The van der Waals surface area contributed by atoms with Crippen LogP contribution in [0.5, 0.6) is 0 Å². The van der Waals surface area contributed by atoms with E-state index in [1.165, 1.54) is 0 Å². The molecule has 0 fully saturated rings. The first-order chi connectivity index (χ1) is 7.75. The summed E-state index contributed by atoms with van der Waals surface area (Å²) >= 11 is 0. The molecule has 0 radical (unpaired) electrons. The van der Waals surface area contributed by atoms with Crippen LogP contribution in [0, 0.1) is 0 Å². The Hall–Kier alpha value is -1.67. The van der Waals surface area contributed by atoms with E-state index in [4.69, 9.17) is 10.8 Å². The summed E-state index contributed by atoms with van der Waals surface area (Å²) in [6, 6.07) is 0.242. The maximum Gasteiger partial charge on any atom is 0.433 e. The number of hydrogen-bond donors (Lipinski definition) is 3. The smallest absolute Gasteiger partial charge is 0.433 e. The molecule has 94 valence electrons. The molecule has 2 unspecified atom stereocenters. The zero-order valence-corrected chi connectivity index (χ0v) is 8.35. The van der Waals surface area contributed by atoms with Gasteiger partial charge in [0.05, 0.1) is 0 Å². The molecule has 4 N–H and O–H groups in total. The van der Waals surface area contributed by atoms with Crippen LogP contribution in [0.25, 0.3) is 0 Å². The molecule has 1 aromatic heterocycles. The molecule has 0 spiro atoms. The van der Waals surface area contributed by atoms with E-state index in [1.54, 1.807) is 0 Å². The molecule has 17 heavy (non-hydrogen) atoms. The molecule has 0 saturated heterocycles. The van der Waals surface area contributed by atoms with Gasteiger partial charge in [0, 0.05) is 11.8 Å². The molecular formula is C9H9F3N2O3. The van der Waals surface area contributed by atoms with E-state index >= 15 is 0 Å². The van der Waals surface area contributed by atoms with Crippen molar-refractivity contribution in [1.29, 1.82) is 0 Å². The highest BCUT2D eigenvalue weighted by Gasteiger charge is 2.38. The fourth-order valence-corrected chi connectivity index (χ4v) is 1.22. The number of rotatable bonds is 3. The summed E-state index contributed by atoms with van der Waals surface area (Å²) in [6.07, 6.45) is -5.86. The lowest BCUT2D eigenvalue weighted by Crippen LogP contribution is -2.37. The molecular weight excluding hydrogens is 241 g/mol. The topological polar surface area (TPSA) is 96.4 Å². The van der Waals surface area contributed by atoms with Crippen molar-refractivity contribution in [2.45, 2.75) is 18.3 Å². The number of carbonyl (C=O) groups is 1. The minimum absolute atomic E-state index is 0.657. The van der Waals surface area contributed by atoms with Gasteiger partial charge in [0.2, 0.25) is 0 Å². The molecule has 1 aromatic rings. The van der Waals surface area contributed by atoms with Gasteiger partial charge in [0.25, 0.3) is 0 Å². The van der Waals surface area contributed by atoms with Crippen molar-refractivity contribution >= 4 is 5.97 Å². The number of aliphatic hydroxyl groups excluding tert-OH is 1. The molecule has 0 amide bonds. The molecule has 0 aromatic carbocycles. The molecule has 5 nitrogen and oxygen atoms in total. The second kappa shape index (κ2) is 4.68. The van der Waals surface area contributed by atoms with Crippen LogP contribution in [0.2, 0.25) is 0 Å². The number of aromatic nitrogens is 1. The van der Waals surface area contributed by atoms with Crippen LogP contribution in [0.4, 0.5) is 13.2 Å². The highest BCUT2D eigenvalue weighted by atomic mass is 19.4. The number of halogens is 3. The van der Waals surface area contributed by atoms with Crippen LogP contribution in [-0.4, -0.2) is 27.2 Å². The maximum atomic E-state index is 12.5. The van der Waals surface area contributed by atoms with E-state index in [9.17, 15) is 23.1 Å². The van der Waals surface area contributed by atoms with Crippen molar-refractivity contribution in [2.75, 3.05) is 0 Å². The Kier molecular flexibility index (Phi) is 3.69. The van der Waals surface area contributed by atoms with Gasteiger partial charge in [-0.05, 0) is 6.07 Å². The van der Waals surface area contributed by atoms with E-state index in [0.717, 1.165) is 18.3 Å². The highest BCUT2D eigenvalue weighted by molar-refractivity contribution is 5.74. The number of alkyl halides is 3. The van der Waals surface area contributed by atoms with Crippen LogP contribution in [-0.2, 0) is 11.0 Å². The van der Waals surface area contributed by atoms with Gasteiger partial charge in [-0.3, -0.25) is 9.78 Å². The molecule has 1 rings (SSSR count).